The molecule has 0 heterocycles. The molecule has 0 spiro atoms. The summed E-state index contributed by atoms with van der Waals surface area (Å²) in [6.45, 7) is 9.58. The zero-order valence-electron chi connectivity index (χ0n) is 64.8. The predicted octanol–water partition coefficient (Wildman–Crippen LogP) is 23.9. The molecule has 17 nitrogen and oxygen atoms in total. The molecular formula is C80H156O17P2. The maximum Gasteiger partial charge on any atom is 0.472 e. The highest BCUT2D eigenvalue weighted by Crippen LogP contribution is 2.45. The van der Waals surface area contributed by atoms with Crippen LogP contribution in [0.4, 0.5) is 0 Å². The summed E-state index contributed by atoms with van der Waals surface area (Å²) in [7, 11) is -9.91. The Labute approximate surface area is 607 Å². The minimum absolute atomic E-state index is 0.103. The van der Waals surface area contributed by atoms with Crippen molar-refractivity contribution in [3.63, 3.8) is 0 Å². The molecule has 0 aromatic heterocycles. The zero-order valence-corrected chi connectivity index (χ0v) is 66.6. The van der Waals surface area contributed by atoms with Crippen molar-refractivity contribution >= 4 is 39.5 Å². The molecule has 0 bridgehead atoms. The lowest BCUT2D eigenvalue weighted by molar-refractivity contribution is -0.161. The topological polar surface area (TPSA) is 237 Å². The van der Waals surface area contributed by atoms with E-state index in [0.717, 1.165) is 102 Å². The maximum atomic E-state index is 13.1. The summed E-state index contributed by atoms with van der Waals surface area (Å²) in [6, 6.07) is 0. The molecule has 0 aromatic rings. The molecule has 0 rings (SSSR count). The number of phosphoric acid groups is 2. The number of unbranched alkanes of at least 4 members (excludes halogenated alkanes) is 48. The number of rotatable bonds is 79. The van der Waals surface area contributed by atoms with E-state index in [4.69, 9.17) is 37.0 Å². The van der Waals surface area contributed by atoms with Gasteiger partial charge < -0.3 is 33.8 Å². The van der Waals surface area contributed by atoms with Crippen LogP contribution in [0.25, 0.3) is 0 Å². The fourth-order valence-corrected chi connectivity index (χ4v) is 13.9. The molecule has 19 heteroatoms. The number of hydrogen-bond acceptors (Lipinski definition) is 15. The summed E-state index contributed by atoms with van der Waals surface area (Å²) in [6.07, 6.45) is 61.3. The summed E-state index contributed by atoms with van der Waals surface area (Å²) >= 11 is 0. The van der Waals surface area contributed by atoms with E-state index in [0.29, 0.717) is 25.7 Å². The maximum absolute atomic E-state index is 13.1. The van der Waals surface area contributed by atoms with Crippen molar-refractivity contribution in [3.05, 3.63) is 0 Å². The molecule has 0 fully saturated rings. The first kappa shape index (κ1) is 97.1. The van der Waals surface area contributed by atoms with E-state index >= 15 is 0 Å². The third kappa shape index (κ3) is 72.8. The van der Waals surface area contributed by atoms with Crippen LogP contribution < -0.4 is 0 Å². The van der Waals surface area contributed by atoms with E-state index < -0.39 is 97.5 Å². The molecular weight excluding hydrogens is 1290 g/mol. The van der Waals surface area contributed by atoms with Gasteiger partial charge in [-0.15, -0.1) is 0 Å². The van der Waals surface area contributed by atoms with Crippen LogP contribution in [0.15, 0.2) is 0 Å². The molecule has 0 aliphatic rings. The molecule has 0 amide bonds. The average Bonchev–Trinajstić information content (AvgIpc) is 0.992. The molecule has 0 aromatic carbocycles. The fraction of sp³-hybridized carbons (Fsp3) is 0.950. The van der Waals surface area contributed by atoms with Crippen LogP contribution in [0.2, 0.25) is 0 Å². The second-order valence-corrected chi connectivity index (χ2v) is 32.4. The van der Waals surface area contributed by atoms with Gasteiger partial charge in [0, 0.05) is 25.7 Å². The SMILES string of the molecule is CCCCCCCCCCCCCCCCCCCCCCCCC(=O)O[C@H](COC(=O)CCCCCCCCCCCCCCCCCC(C)C)COP(=O)(O)OC[C@@H](O)COP(=O)(O)OC[C@@H](COC(=O)CCCCCCCCCCC)OC(=O)CCCCCCCCC(C)CC. The van der Waals surface area contributed by atoms with Gasteiger partial charge >= 0.3 is 39.5 Å². The van der Waals surface area contributed by atoms with Crippen LogP contribution in [-0.4, -0.2) is 96.7 Å². The van der Waals surface area contributed by atoms with Gasteiger partial charge in [-0.05, 0) is 37.5 Å². The second-order valence-electron chi connectivity index (χ2n) is 29.5. The van der Waals surface area contributed by atoms with Gasteiger partial charge in [0.2, 0.25) is 0 Å². The van der Waals surface area contributed by atoms with Crippen LogP contribution in [-0.2, 0) is 65.4 Å². The molecule has 0 aliphatic carbocycles. The number of carbonyl (C=O) groups is 4. The number of carbonyl (C=O) groups excluding carboxylic acids is 4. The highest BCUT2D eigenvalue weighted by molar-refractivity contribution is 7.47. The molecule has 0 radical (unpaired) electrons. The predicted molar refractivity (Wildman–Crippen MR) is 405 cm³/mol. The van der Waals surface area contributed by atoms with Crippen molar-refractivity contribution in [1.82, 2.24) is 0 Å². The van der Waals surface area contributed by atoms with Gasteiger partial charge in [-0.25, -0.2) is 9.13 Å². The van der Waals surface area contributed by atoms with Gasteiger partial charge in [-0.3, -0.25) is 37.3 Å². The Bertz CT molecular complexity index is 1910. The molecule has 0 aliphatic heterocycles. The summed E-state index contributed by atoms with van der Waals surface area (Å²) in [5.74, 6) is -0.590. The lowest BCUT2D eigenvalue weighted by Crippen LogP contribution is -2.30. The Morgan fingerprint density at radius 1 is 0.293 bits per heavy atom. The molecule has 6 atom stereocenters. The van der Waals surface area contributed by atoms with Gasteiger partial charge in [-0.2, -0.15) is 0 Å². The van der Waals surface area contributed by atoms with Crippen LogP contribution in [0.5, 0.6) is 0 Å². The van der Waals surface area contributed by atoms with E-state index in [-0.39, 0.29) is 25.7 Å². The molecule has 3 N–H and O–H groups in total. The Balaban J connectivity index is 5.17. The standard InChI is InChI=1S/C80H156O17P2/c1-7-10-12-14-16-18-19-20-21-22-23-24-25-26-27-30-34-37-41-45-52-58-64-79(84)96-75(68-91-78(83)63-57-51-44-40-36-33-31-28-29-32-35-39-42-48-54-60-72(4)5)70-94-98(86,87)92-66-74(81)67-93-99(88,89)95-71-76(69-90-77(82)62-56-50-43-38-17-15-13-11-8-2)97-80(85)65-59-53-47-46-49-55-61-73(6)9-3/h72-76,81H,7-71H2,1-6H3,(H,86,87)(H,88,89)/t73?,74-,75-,76-/m1/s1. The first-order chi connectivity index (χ1) is 47.9. The van der Waals surface area contributed by atoms with Crippen LogP contribution in [0, 0.1) is 11.8 Å². The average molecular weight is 1450 g/mol. The van der Waals surface area contributed by atoms with Crippen molar-refractivity contribution in [2.75, 3.05) is 39.6 Å². The van der Waals surface area contributed by atoms with Crippen molar-refractivity contribution < 1.29 is 80.2 Å². The number of ether oxygens (including phenoxy) is 4. The molecule has 3 unspecified atom stereocenters. The smallest absolute Gasteiger partial charge is 0.462 e. The van der Waals surface area contributed by atoms with Crippen LogP contribution in [0.3, 0.4) is 0 Å². The largest absolute Gasteiger partial charge is 0.472 e. The molecule has 0 saturated carbocycles. The lowest BCUT2D eigenvalue weighted by Gasteiger charge is -2.21. The van der Waals surface area contributed by atoms with Gasteiger partial charge in [0.1, 0.15) is 19.3 Å². The Morgan fingerprint density at radius 2 is 0.515 bits per heavy atom. The number of phosphoric ester groups is 2. The number of hydrogen-bond donors (Lipinski definition) is 3. The molecule has 0 saturated heterocycles. The summed E-state index contributed by atoms with van der Waals surface area (Å²) in [4.78, 5) is 72.8. The summed E-state index contributed by atoms with van der Waals surface area (Å²) in [5.41, 5.74) is 0. The third-order valence-electron chi connectivity index (χ3n) is 19.1. The molecule has 99 heavy (non-hydrogen) atoms. The minimum atomic E-state index is -4.96. The Hall–Kier alpha value is -1.94. The quantitative estimate of drug-likeness (QED) is 0.0222. The molecule has 588 valence electrons. The first-order valence-electron chi connectivity index (χ1n) is 41.5. The summed E-state index contributed by atoms with van der Waals surface area (Å²) < 4.78 is 68.6. The van der Waals surface area contributed by atoms with Gasteiger partial charge in [0.05, 0.1) is 26.4 Å². The van der Waals surface area contributed by atoms with Crippen LogP contribution >= 0.6 is 15.6 Å². The van der Waals surface area contributed by atoms with Crippen molar-refractivity contribution in [2.24, 2.45) is 11.8 Å². The third-order valence-corrected chi connectivity index (χ3v) is 21.0. The number of esters is 4. The second kappa shape index (κ2) is 71.7. The van der Waals surface area contributed by atoms with Gasteiger partial charge in [-0.1, -0.05) is 369 Å². The summed E-state index contributed by atoms with van der Waals surface area (Å²) in [5, 5.41) is 10.6. The highest BCUT2D eigenvalue weighted by Gasteiger charge is 2.30. The normalized spacial score (nSPS) is 14.2. The highest BCUT2D eigenvalue weighted by atomic mass is 31.2. The number of aliphatic hydroxyl groups is 1. The van der Waals surface area contributed by atoms with Gasteiger partial charge in [0.25, 0.3) is 0 Å². The zero-order chi connectivity index (χ0) is 72.8. The van der Waals surface area contributed by atoms with Crippen molar-refractivity contribution in [2.45, 2.75) is 439 Å². The first-order valence-corrected chi connectivity index (χ1v) is 44.5. The van der Waals surface area contributed by atoms with E-state index in [1.54, 1.807) is 0 Å². The Kier molecular flexibility index (Phi) is 70.3. The number of aliphatic hydroxyl groups excluding tert-OH is 1. The fourth-order valence-electron chi connectivity index (χ4n) is 12.3. The van der Waals surface area contributed by atoms with E-state index in [1.807, 2.05) is 0 Å². The van der Waals surface area contributed by atoms with Crippen LogP contribution in [0.1, 0.15) is 420 Å². The lowest BCUT2D eigenvalue weighted by atomic mass is 10.00. The van der Waals surface area contributed by atoms with Gasteiger partial charge in [0.15, 0.2) is 12.2 Å². The monoisotopic (exact) mass is 1450 g/mol. The van der Waals surface area contributed by atoms with E-state index in [1.165, 1.54) is 238 Å². The Morgan fingerprint density at radius 3 is 0.768 bits per heavy atom. The van der Waals surface area contributed by atoms with Crippen molar-refractivity contribution in [1.29, 1.82) is 0 Å². The minimum Gasteiger partial charge on any atom is -0.462 e. The van der Waals surface area contributed by atoms with Crippen molar-refractivity contribution in [3.8, 4) is 0 Å². The van der Waals surface area contributed by atoms with E-state index in [9.17, 15) is 43.2 Å². The van der Waals surface area contributed by atoms with E-state index in [2.05, 4.69) is 41.5 Å².